The second-order valence-electron chi connectivity index (χ2n) is 4.47. The second kappa shape index (κ2) is 6.96. The lowest BCUT2D eigenvalue weighted by molar-refractivity contribution is 0.0957. The molecule has 0 bridgehead atoms. The monoisotopic (exact) mass is 398 g/mol. The van der Waals surface area contributed by atoms with E-state index in [0.717, 1.165) is 4.31 Å². The molecule has 1 aromatic rings. The Hall–Kier alpha value is -2.14. The summed E-state index contributed by atoms with van der Waals surface area (Å²) in [5, 5.41) is 20.2. The minimum atomic E-state index is -4.18. The molecule has 120 valence electrons. The Morgan fingerprint density at radius 2 is 1.96 bits per heavy atom. The van der Waals surface area contributed by atoms with Gasteiger partial charge in [-0.25, -0.2) is 8.42 Å². The summed E-state index contributed by atoms with van der Waals surface area (Å²) < 4.78 is 32.0. The van der Waals surface area contributed by atoms with Crippen molar-refractivity contribution in [3.8, 4) is 17.9 Å². The zero-order valence-corrected chi connectivity index (χ0v) is 14.1. The number of rotatable bonds is 4. The Labute approximate surface area is 141 Å². The van der Waals surface area contributed by atoms with Crippen LogP contribution in [0.15, 0.2) is 21.5 Å². The van der Waals surface area contributed by atoms with Gasteiger partial charge in [0.1, 0.15) is 24.6 Å². The molecular weight excluding hydrogens is 388 g/mol. The average Bonchev–Trinajstić information content (AvgIpc) is 2.68. The summed E-state index contributed by atoms with van der Waals surface area (Å²) in [5.41, 5.74) is 0.0734. The van der Waals surface area contributed by atoms with Crippen LogP contribution in [-0.4, -0.2) is 44.9 Å². The van der Waals surface area contributed by atoms with Crippen LogP contribution in [0.4, 0.5) is 0 Å². The highest BCUT2D eigenvalue weighted by Gasteiger charge is 2.32. The largest absolute Gasteiger partial charge is 0.489 e. The van der Waals surface area contributed by atoms with E-state index in [1.807, 2.05) is 0 Å². The summed E-state index contributed by atoms with van der Waals surface area (Å²) >= 11 is 3.17. The quantitative estimate of drug-likeness (QED) is 0.740. The molecule has 10 heteroatoms. The maximum atomic E-state index is 12.7. The molecule has 0 unspecified atom stereocenters. The van der Waals surface area contributed by atoms with Crippen molar-refractivity contribution < 1.29 is 17.9 Å². The first kappa shape index (κ1) is 17.2. The van der Waals surface area contributed by atoms with E-state index >= 15 is 0 Å². The summed E-state index contributed by atoms with van der Waals surface area (Å²) in [4.78, 5) is 11.8. The standard InChI is InChI=1S/C13H11BrN4O4S/c14-9-7-10-12(22-6-3-17-13(10)19)11(8-9)23(20,21)18(4-1-15)5-2-16/h7-8H,3-6H2,(H,17,19). The van der Waals surface area contributed by atoms with Gasteiger partial charge in [-0.3, -0.25) is 4.79 Å². The average molecular weight is 399 g/mol. The number of sulfonamides is 1. The Balaban J connectivity index is 2.65. The van der Waals surface area contributed by atoms with Gasteiger partial charge in [0.25, 0.3) is 5.91 Å². The van der Waals surface area contributed by atoms with Gasteiger partial charge in [-0.2, -0.15) is 14.8 Å². The zero-order valence-electron chi connectivity index (χ0n) is 11.7. The van der Waals surface area contributed by atoms with Gasteiger partial charge in [-0.1, -0.05) is 15.9 Å². The molecule has 8 nitrogen and oxygen atoms in total. The van der Waals surface area contributed by atoms with E-state index in [1.54, 1.807) is 12.1 Å². The third-order valence-corrected chi connectivity index (χ3v) is 5.27. The minimum absolute atomic E-state index is 0.0734. The van der Waals surface area contributed by atoms with E-state index in [1.165, 1.54) is 12.1 Å². The second-order valence-corrected chi connectivity index (χ2v) is 7.30. The molecule has 1 aliphatic rings. The number of hydrogen-bond donors (Lipinski definition) is 1. The van der Waals surface area contributed by atoms with Gasteiger partial charge in [-0.05, 0) is 12.1 Å². The number of benzene rings is 1. The van der Waals surface area contributed by atoms with Gasteiger partial charge in [0.2, 0.25) is 10.0 Å². The lowest BCUT2D eigenvalue weighted by Crippen LogP contribution is -2.32. The normalized spacial score (nSPS) is 14.0. The highest BCUT2D eigenvalue weighted by Crippen LogP contribution is 2.34. The van der Waals surface area contributed by atoms with Crippen molar-refractivity contribution in [3.63, 3.8) is 0 Å². The van der Waals surface area contributed by atoms with E-state index in [4.69, 9.17) is 15.3 Å². The molecule has 23 heavy (non-hydrogen) atoms. The van der Waals surface area contributed by atoms with Gasteiger partial charge in [-0.15, -0.1) is 0 Å². The highest BCUT2D eigenvalue weighted by atomic mass is 79.9. The van der Waals surface area contributed by atoms with Crippen LogP contribution in [0, 0.1) is 22.7 Å². The van der Waals surface area contributed by atoms with Crippen molar-refractivity contribution in [3.05, 3.63) is 22.2 Å². The SMILES string of the molecule is N#CCN(CC#N)S(=O)(=O)c1cc(Br)cc2c1OCCNC2=O. The van der Waals surface area contributed by atoms with E-state index in [9.17, 15) is 13.2 Å². The fourth-order valence-corrected chi connectivity index (χ4v) is 4.04. The molecule has 0 saturated carbocycles. The van der Waals surface area contributed by atoms with Crippen LogP contribution in [0.5, 0.6) is 5.75 Å². The lowest BCUT2D eigenvalue weighted by atomic mass is 10.2. The summed E-state index contributed by atoms with van der Waals surface area (Å²) in [5.74, 6) is -0.536. The molecule has 1 heterocycles. The zero-order chi connectivity index (χ0) is 17.0. The molecule has 1 N–H and O–H groups in total. The molecule has 0 atom stereocenters. The topological polar surface area (TPSA) is 123 Å². The van der Waals surface area contributed by atoms with Crippen LogP contribution >= 0.6 is 15.9 Å². The van der Waals surface area contributed by atoms with Gasteiger partial charge >= 0.3 is 0 Å². The molecule has 0 saturated heterocycles. The Morgan fingerprint density at radius 1 is 1.30 bits per heavy atom. The van der Waals surface area contributed by atoms with Crippen molar-refractivity contribution in [2.75, 3.05) is 26.2 Å². The van der Waals surface area contributed by atoms with Gasteiger partial charge in [0.15, 0.2) is 5.75 Å². The number of ether oxygens (including phenoxy) is 1. The van der Waals surface area contributed by atoms with Gasteiger partial charge in [0, 0.05) is 4.47 Å². The predicted molar refractivity (Wildman–Crippen MR) is 82.0 cm³/mol. The molecule has 2 rings (SSSR count). The molecule has 1 aliphatic heterocycles. The van der Waals surface area contributed by atoms with Crippen LogP contribution < -0.4 is 10.1 Å². The lowest BCUT2D eigenvalue weighted by Gasteiger charge is -2.19. The fraction of sp³-hybridized carbons (Fsp3) is 0.308. The van der Waals surface area contributed by atoms with E-state index in [-0.39, 0.29) is 29.4 Å². The third-order valence-electron chi connectivity index (χ3n) is 3.01. The van der Waals surface area contributed by atoms with Crippen molar-refractivity contribution in [2.24, 2.45) is 0 Å². The summed E-state index contributed by atoms with van der Waals surface area (Å²) in [6.07, 6.45) is 0. The van der Waals surface area contributed by atoms with Crippen LogP contribution in [0.3, 0.4) is 0 Å². The number of nitrogens with zero attached hydrogens (tertiary/aromatic N) is 3. The molecule has 0 radical (unpaired) electrons. The maximum absolute atomic E-state index is 12.7. The van der Waals surface area contributed by atoms with Crippen LogP contribution in [0.2, 0.25) is 0 Å². The first-order chi connectivity index (χ1) is 10.9. The van der Waals surface area contributed by atoms with Gasteiger partial charge < -0.3 is 10.1 Å². The summed E-state index contributed by atoms with van der Waals surface area (Å²) in [7, 11) is -4.18. The molecule has 1 amide bonds. The molecule has 0 aliphatic carbocycles. The maximum Gasteiger partial charge on any atom is 0.255 e. The Bertz CT molecular complexity index is 810. The van der Waals surface area contributed by atoms with Crippen LogP contribution in [0.25, 0.3) is 0 Å². The minimum Gasteiger partial charge on any atom is -0.489 e. The molecule has 1 aromatic carbocycles. The third kappa shape index (κ3) is 3.45. The van der Waals surface area contributed by atoms with E-state index < -0.39 is 29.0 Å². The summed E-state index contributed by atoms with van der Waals surface area (Å²) in [6.45, 7) is -0.614. The predicted octanol–water partition coefficient (Wildman–Crippen LogP) is 0.609. The number of hydrogen-bond acceptors (Lipinski definition) is 6. The number of fused-ring (bicyclic) bond motifs is 1. The number of amides is 1. The first-order valence-corrected chi connectivity index (χ1v) is 8.63. The number of carbonyl (C=O) groups is 1. The molecular formula is C13H11BrN4O4S. The van der Waals surface area contributed by atoms with Crippen molar-refractivity contribution in [1.82, 2.24) is 9.62 Å². The summed E-state index contributed by atoms with van der Waals surface area (Å²) in [6, 6.07) is 6.15. The molecule has 0 fully saturated rings. The number of carbonyl (C=O) groups excluding carboxylic acids is 1. The van der Waals surface area contributed by atoms with E-state index in [2.05, 4.69) is 21.2 Å². The molecule has 0 spiro atoms. The van der Waals surface area contributed by atoms with Crippen molar-refractivity contribution in [1.29, 1.82) is 10.5 Å². The van der Waals surface area contributed by atoms with E-state index in [0.29, 0.717) is 4.47 Å². The smallest absolute Gasteiger partial charge is 0.255 e. The Morgan fingerprint density at radius 3 is 2.57 bits per heavy atom. The van der Waals surface area contributed by atoms with Crippen LogP contribution in [-0.2, 0) is 10.0 Å². The molecule has 0 aromatic heterocycles. The number of nitriles is 2. The first-order valence-electron chi connectivity index (χ1n) is 6.40. The number of halogens is 1. The highest BCUT2D eigenvalue weighted by molar-refractivity contribution is 9.10. The van der Waals surface area contributed by atoms with Crippen LogP contribution in [0.1, 0.15) is 10.4 Å². The van der Waals surface area contributed by atoms with Crippen molar-refractivity contribution >= 4 is 31.9 Å². The fourth-order valence-electron chi connectivity index (χ4n) is 2.01. The Kier molecular flexibility index (Phi) is 5.21. The van der Waals surface area contributed by atoms with Crippen molar-refractivity contribution in [2.45, 2.75) is 4.90 Å². The number of nitrogens with one attached hydrogen (secondary N) is 1. The van der Waals surface area contributed by atoms with Gasteiger partial charge in [0.05, 0.1) is 24.2 Å².